The summed E-state index contributed by atoms with van der Waals surface area (Å²) in [6.07, 6.45) is 9.42. The summed E-state index contributed by atoms with van der Waals surface area (Å²) in [4.78, 5) is 22.0. The van der Waals surface area contributed by atoms with Crippen LogP contribution in [0.3, 0.4) is 0 Å². The van der Waals surface area contributed by atoms with Crippen LogP contribution in [-0.4, -0.2) is 49.4 Å². The third-order valence-corrected chi connectivity index (χ3v) is 5.19. The van der Waals surface area contributed by atoms with Crippen LogP contribution in [0.2, 0.25) is 0 Å². The van der Waals surface area contributed by atoms with Crippen molar-refractivity contribution in [3.05, 3.63) is 36.4 Å². The SMILES string of the molecule is Cn1cc(-c2cnc3[nH]cc(C4CCN(C(=O)OC(C)(C)C)CC4)c3c2)cn1. The number of piperidine rings is 1. The van der Waals surface area contributed by atoms with E-state index >= 15 is 0 Å². The van der Waals surface area contributed by atoms with Gasteiger partial charge in [-0.05, 0) is 51.2 Å². The van der Waals surface area contributed by atoms with E-state index in [9.17, 15) is 4.79 Å². The minimum Gasteiger partial charge on any atom is -0.444 e. The van der Waals surface area contributed by atoms with Crippen molar-refractivity contribution in [2.24, 2.45) is 7.05 Å². The maximum atomic E-state index is 12.3. The van der Waals surface area contributed by atoms with Crippen LogP contribution in [0.25, 0.3) is 22.2 Å². The Morgan fingerprint density at radius 2 is 1.96 bits per heavy atom. The monoisotopic (exact) mass is 381 g/mol. The lowest BCUT2D eigenvalue weighted by Crippen LogP contribution is -2.41. The first-order chi connectivity index (χ1) is 13.3. The largest absolute Gasteiger partial charge is 0.444 e. The molecule has 0 spiro atoms. The van der Waals surface area contributed by atoms with Gasteiger partial charge in [0.15, 0.2) is 0 Å². The van der Waals surface area contributed by atoms with Crippen LogP contribution in [0.1, 0.15) is 45.1 Å². The summed E-state index contributed by atoms with van der Waals surface area (Å²) in [6, 6.07) is 2.19. The number of carbonyl (C=O) groups is 1. The summed E-state index contributed by atoms with van der Waals surface area (Å²) in [5, 5.41) is 5.40. The number of likely N-dealkylation sites (tertiary alicyclic amines) is 1. The Morgan fingerprint density at radius 3 is 2.61 bits per heavy atom. The molecule has 0 aromatic carbocycles. The topological polar surface area (TPSA) is 76.0 Å². The van der Waals surface area contributed by atoms with Crippen LogP contribution in [0, 0.1) is 0 Å². The number of aryl methyl sites for hydroxylation is 1. The molecule has 0 radical (unpaired) electrons. The van der Waals surface area contributed by atoms with Crippen molar-refractivity contribution in [3.63, 3.8) is 0 Å². The highest BCUT2D eigenvalue weighted by atomic mass is 16.6. The van der Waals surface area contributed by atoms with E-state index in [1.165, 1.54) is 5.56 Å². The lowest BCUT2D eigenvalue weighted by atomic mass is 9.89. The molecular formula is C21H27N5O2. The number of carbonyl (C=O) groups excluding carboxylic acids is 1. The first-order valence-corrected chi connectivity index (χ1v) is 9.74. The Balaban J connectivity index is 1.51. The number of hydrogen-bond donors (Lipinski definition) is 1. The number of aromatic amines is 1. The third kappa shape index (κ3) is 3.74. The molecule has 28 heavy (non-hydrogen) atoms. The van der Waals surface area contributed by atoms with Crippen LogP contribution >= 0.6 is 0 Å². The second kappa shape index (κ2) is 6.96. The minimum absolute atomic E-state index is 0.217. The maximum Gasteiger partial charge on any atom is 0.410 e. The number of rotatable bonds is 2. The van der Waals surface area contributed by atoms with E-state index in [2.05, 4.69) is 27.3 Å². The fourth-order valence-electron chi connectivity index (χ4n) is 3.79. The summed E-state index contributed by atoms with van der Waals surface area (Å²) >= 11 is 0. The van der Waals surface area contributed by atoms with Crippen LogP contribution in [0.15, 0.2) is 30.9 Å². The fourth-order valence-corrected chi connectivity index (χ4v) is 3.79. The zero-order valence-electron chi connectivity index (χ0n) is 16.9. The molecule has 0 aliphatic carbocycles. The Kier molecular flexibility index (Phi) is 4.61. The van der Waals surface area contributed by atoms with E-state index in [0.29, 0.717) is 19.0 Å². The van der Waals surface area contributed by atoms with Gasteiger partial charge in [0.25, 0.3) is 0 Å². The summed E-state index contributed by atoms with van der Waals surface area (Å²) in [5.41, 5.74) is 3.84. The first kappa shape index (κ1) is 18.5. The molecule has 4 rings (SSSR count). The van der Waals surface area contributed by atoms with Crippen molar-refractivity contribution in [2.45, 2.75) is 45.1 Å². The highest BCUT2D eigenvalue weighted by molar-refractivity contribution is 5.85. The molecule has 1 aliphatic rings. The number of hydrogen-bond acceptors (Lipinski definition) is 4. The first-order valence-electron chi connectivity index (χ1n) is 9.74. The molecule has 1 fully saturated rings. The van der Waals surface area contributed by atoms with E-state index in [-0.39, 0.29) is 6.09 Å². The molecule has 3 aromatic heterocycles. The van der Waals surface area contributed by atoms with Gasteiger partial charge in [0, 0.05) is 55.2 Å². The van der Waals surface area contributed by atoms with Crippen molar-refractivity contribution in [3.8, 4) is 11.1 Å². The van der Waals surface area contributed by atoms with Crippen molar-refractivity contribution in [1.29, 1.82) is 0 Å². The number of nitrogens with one attached hydrogen (secondary N) is 1. The highest BCUT2D eigenvalue weighted by Crippen LogP contribution is 2.34. The predicted octanol–water partition coefficient (Wildman–Crippen LogP) is 4.08. The van der Waals surface area contributed by atoms with Gasteiger partial charge >= 0.3 is 6.09 Å². The number of fused-ring (bicyclic) bond motifs is 1. The lowest BCUT2D eigenvalue weighted by molar-refractivity contribution is 0.0205. The van der Waals surface area contributed by atoms with Gasteiger partial charge in [0.1, 0.15) is 11.2 Å². The summed E-state index contributed by atoms with van der Waals surface area (Å²) in [6.45, 7) is 7.12. The number of ether oxygens (including phenoxy) is 1. The van der Waals surface area contributed by atoms with Crippen LogP contribution < -0.4 is 0 Å². The number of pyridine rings is 1. The van der Waals surface area contributed by atoms with Gasteiger partial charge in [-0.25, -0.2) is 9.78 Å². The molecule has 7 heteroatoms. The second-order valence-electron chi connectivity index (χ2n) is 8.51. The van der Waals surface area contributed by atoms with Gasteiger partial charge in [-0.1, -0.05) is 0 Å². The third-order valence-electron chi connectivity index (χ3n) is 5.19. The summed E-state index contributed by atoms with van der Waals surface area (Å²) < 4.78 is 7.30. The molecule has 0 bridgehead atoms. The average molecular weight is 381 g/mol. The van der Waals surface area contributed by atoms with E-state index in [1.807, 2.05) is 51.3 Å². The minimum atomic E-state index is -0.459. The van der Waals surface area contributed by atoms with Crippen molar-refractivity contribution in [2.75, 3.05) is 13.1 Å². The van der Waals surface area contributed by atoms with Gasteiger partial charge in [0.05, 0.1) is 6.20 Å². The number of amides is 1. The van der Waals surface area contributed by atoms with Gasteiger partial charge in [-0.15, -0.1) is 0 Å². The molecule has 1 aliphatic heterocycles. The highest BCUT2D eigenvalue weighted by Gasteiger charge is 2.28. The predicted molar refractivity (Wildman–Crippen MR) is 108 cm³/mol. The Bertz CT molecular complexity index is 990. The van der Waals surface area contributed by atoms with Crippen molar-refractivity contribution >= 4 is 17.1 Å². The standard InChI is InChI=1S/C21H27N5O2/c1-21(2,3)28-20(27)26-7-5-14(6-8-26)18-12-23-19-17(18)9-15(10-22-19)16-11-24-25(4)13-16/h9-14H,5-8H2,1-4H3,(H,22,23). The van der Waals surface area contributed by atoms with E-state index < -0.39 is 5.60 Å². The molecule has 0 atom stereocenters. The molecule has 0 saturated carbocycles. The quantitative estimate of drug-likeness (QED) is 0.726. The van der Waals surface area contributed by atoms with Crippen LogP contribution in [0.5, 0.6) is 0 Å². The van der Waals surface area contributed by atoms with Gasteiger partial charge in [-0.3, -0.25) is 4.68 Å². The normalized spacial score (nSPS) is 15.9. The van der Waals surface area contributed by atoms with Crippen LogP contribution in [0.4, 0.5) is 4.79 Å². The van der Waals surface area contributed by atoms with E-state index in [0.717, 1.165) is 35.0 Å². The average Bonchev–Trinajstić information content (AvgIpc) is 3.26. The molecule has 4 heterocycles. The zero-order chi connectivity index (χ0) is 19.9. The molecule has 3 aromatic rings. The zero-order valence-corrected chi connectivity index (χ0v) is 16.9. The molecular weight excluding hydrogens is 354 g/mol. The van der Waals surface area contributed by atoms with Crippen molar-refractivity contribution in [1.82, 2.24) is 24.6 Å². The Labute approximate surface area is 164 Å². The van der Waals surface area contributed by atoms with Gasteiger partial charge < -0.3 is 14.6 Å². The second-order valence-corrected chi connectivity index (χ2v) is 8.51. The molecule has 1 saturated heterocycles. The molecule has 148 valence electrons. The summed E-state index contributed by atoms with van der Waals surface area (Å²) in [5.74, 6) is 0.401. The van der Waals surface area contributed by atoms with Crippen molar-refractivity contribution < 1.29 is 9.53 Å². The number of nitrogens with zero attached hydrogens (tertiary/aromatic N) is 4. The van der Waals surface area contributed by atoms with E-state index in [1.54, 1.807) is 4.68 Å². The number of aromatic nitrogens is 4. The van der Waals surface area contributed by atoms with Gasteiger partial charge in [-0.2, -0.15) is 5.10 Å². The Hall–Kier alpha value is -2.83. The van der Waals surface area contributed by atoms with Crippen LogP contribution in [-0.2, 0) is 11.8 Å². The molecule has 1 N–H and O–H groups in total. The number of H-pyrrole nitrogens is 1. The maximum absolute atomic E-state index is 12.3. The van der Waals surface area contributed by atoms with E-state index in [4.69, 9.17) is 4.74 Å². The smallest absolute Gasteiger partial charge is 0.410 e. The molecule has 1 amide bonds. The fraction of sp³-hybridized carbons (Fsp3) is 0.476. The van der Waals surface area contributed by atoms with Gasteiger partial charge in [0.2, 0.25) is 0 Å². The lowest BCUT2D eigenvalue weighted by Gasteiger charge is -2.33. The Morgan fingerprint density at radius 1 is 1.21 bits per heavy atom. The molecule has 7 nitrogen and oxygen atoms in total. The summed E-state index contributed by atoms with van der Waals surface area (Å²) in [7, 11) is 1.91. The molecule has 0 unspecified atom stereocenters.